The quantitative estimate of drug-likeness (QED) is 0.880. The first kappa shape index (κ1) is 11.4. The Hall–Kier alpha value is -0.0600. The lowest BCUT2D eigenvalue weighted by atomic mass is 10.0. The van der Waals surface area contributed by atoms with Gasteiger partial charge in [0.25, 0.3) is 0 Å². The molecule has 15 heavy (non-hydrogen) atoms. The summed E-state index contributed by atoms with van der Waals surface area (Å²) in [4.78, 5) is 6.00. The fourth-order valence-electron chi connectivity index (χ4n) is 1.97. The average Bonchev–Trinajstić information content (AvgIpc) is 2.75. The first-order valence-electron chi connectivity index (χ1n) is 5.38. The highest BCUT2D eigenvalue weighted by molar-refractivity contribution is 7.99. The van der Waals surface area contributed by atoms with Crippen LogP contribution in [0.2, 0.25) is 0 Å². The molecule has 0 aliphatic carbocycles. The standard InChI is InChI=1S/C11H18N2S2/c1-7-8(2)15-11(13-7)4-9-5-14-6-10(9)12-3/h9-10,12H,4-6H2,1-3H3. The Kier molecular flexibility index (Phi) is 3.69. The van der Waals surface area contributed by atoms with Gasteiger partial charge in [-0.15, -0.1) is 11.3 Å². The Morgan fingerprint density at radius 2 is 2.20 bits per heavy atom. The Morgan fingerprint density at radius 1 is 1.40 bits per heavy atom. The van der Waals surface area contributed by atoms with Crippen LogP contribution in [0.5, 0.6) is 0 Å². The molecule has 2 heterocycles. The minimum atomic E-state index is 0.680. The van der Waals surface area contributed by atoms with E-state index >= 15 is 0 Å². The van der Waals surface area contributed by atoms with Crippen molar-refractivity contribution in [1.29, 1.82) is 0 Å². The second kappa shape index (κ2) is 4.85. The van der Waals surface area contributed by atoms with Gasteiger partial charge in [0.2, 0.25) is 0 Å². The molecule has 0 saturated carbocycles. The van der Waals surface area contributed by atoms with Gasteiger partial charge in [-0.1, -0.05) is 0 Å². The summed E-state index contributed by atoms with van der Waals surface area (Å²) in [6, 6.07) is 0.680. The predicted molar refractivity (Wildman–Crippen MR) is 69.0 cm³/mol. The molecule has 0 radical (unpaired) electrons. The van der Waals surface area contributed by atoms with E-state index in [1.807, 2.05) is 11.3 Å². The molecule has 1 aromatic rings. The lowest BCUT2D eigenvalue weighted by Gasteiger charge is -2.16. The highest BCUT2D eigenvalue weighted by Gasteiger charge is 2.27. The molecule has 0 spiro atoms. The van der Waals surface area contributed by atoms with Crippen LogP contribution in [-0.4, -0.2) is 29.6 Å². The zero-order chi connectivity index (χ0) is 10.8. The van der Waals surface area contributed by atoms with Crippen LogP contribution in [0.1, 0.15) is 15.6 Å². The van der Waals surface area contributed by atoms with Crippen molar-refractivity contribution >= 4 is 23.1 Å². The van der Waals surface area contributed by atoms with Crippen molar-refractivity contribution in [1.82, 2.24) is 10.3 Å². The second-order valence-corrected chi connectivity index (χ2v) is 6.51. The van der Waals surface area contributed by atoms with Gasteiger partial charge in [-0.2, -0.15) is 11.8 Å². The summed E-state index contributed by atoms with van der Waals surface area (Å²) in [5.41, 5.74) is 1.21. The Morgan fingerprint density at radius 3 is 2.80 bits per heavy atom. The highest BCUT2D eigenvalue weighted by atomic mass is 32.2. The molecule has 1 N–H and O–H groups in total. The number of thioether (sulfide) groups is 1. The Balaban J connectivity index is 2.02. The minimum absolute atomic E-state index is 0.680. The molecule has 1 aliphatic heterocycles. The van der Waals surface area contributed by atoms with Crippen LogP contribution in [0.4, 0.5) is 0 Å². The summed E-state index contributed by atoms with van der Waals surface area (Å²) in [5, 5.41) is 4.73. The fourth-order valence-corrected chi connectivity index (χ4v) is 4.48. The molecule has 2 nitrogen and oxygen atoms in total. The maximum Gasteiger partial charge on any atom is 0.0934 e. The van der Waals surface area contributed by atoms with E-state index in [0.29, 0.717) is 6.04 Å². The first-order chi connectivity index (χ1) is 7.20. The molecule has 1 saturated heterocycles. The van der Waals surface area contributed by atoms with Gasteiger partial charge in [-0.05, 0) is 32.6 Å². The van der Waals surface area contributed by atoms with Gasteiger partial charge < -0.3 is 5.32 Å². The van der Waals surface area contributed by atoms with Crippen LogP contribution < -0.4 is 5.32 Å². The normalized spacial score (nSPS) is 26.1. The third-order valence-electron chi connectivity index (χ3n) is 3.08. The number of aromatic nitrogens is 1. The SMILES string of the molecule is CNC1CSCC1Cc1nc(C)c(C)s1. The molecule has 1 aromatic heterocycles. The van der Waals surface area contributed by atoms with Crippen LogP contribution in [0.15, 0.2) is 0 Å². The number of aryl methyl sites for hydroxylation is 2. The molecule has 2 rings (SSSR count). The Bertz CT molecular complexity index is 316. The molecule has 1 aliphatic rings. The van der Waals surface area contributed by atoms with Gasteiger partial charge in [0, 0.05) is 23.1 Å². The second-order valence-electron chi connectivity index (χ2n) is 4.15. The van der Waals surface area contributed by atoms with Gasteiger partial charge in [-0.3, -0.25) is 0 Å². The predicted octanol–water partition coefficient (Wildman–Crippen LogP) is 2.25. The van der Waals surface area contributed by atoms with Crippen molar-refractivity contribution < 1.29 is 0 Å². The maximum absolute atomic E-state index is 4.62. The largest absolute Gasteiger partial charge is 0.316 e. The van der Waals surface area contributed by atoms with Crippen LogP contribution in [0.3, 0.4) is 0 Å². The van der Waals surface area contributed by atoms with Crippen LogP contribution in [0.25, 0.3) is 0 Å². The van der Waals surface area contributed by atoms with Crippen LogP contribution in [0, 0.1) is 19.8 Å². The van der Waals surface area contributed by atoms with Crippen molar-refractivity contribution in [3.05, 3.63) is 15.6 Å². The van der Waals surface area contributed by atoms with E-state index in [2.05, 4.69) is 43.0 Å². The first-order valence-corrected chi connectivity index (χ1v) is 7.35. The van der Waals surface area contributed by atoms with Gasteiger partial charge in [-0.25, -0.2) is 4.98 Å². The summed E-state index contributed by atoms with van der Waals surface area (Å²) in [6.07, 6.45) is 1.15. The summed E-state index contributed by atoms with van der Waals surface area (Å²) >= 11 is 3.93. The third-order valence-corrected chi connectivity index (χ3v) is 5.43. The zero-order valence-corrected chi connectivity index (χ0v) is 11.2. The van der Waals surface area contributed by atoms with E-state index in [4.69, 9.17) is 0 Å². The summed E-state index contributed by atoms with van der Waals surface area (Å²) in [6.45, 7) is 4.27. The lowest BCUT2D eigenvalue weighted by Crippen LogP contribution is -2.33. The topological polar surface area (TPSA) is 24.9 Å². The van der Waals surface area contributed by atoms with E-state index < -0.39 is 0 Å². The van der Waals surface area contributed by atoms with E-state index in [1.54, 1.807) is 0 Å². The molecular weight excluding hydrogens is 224 g/mol. The van der Waals surface area contributed by atoms with Crippen molar-refractivity contribution in [3.8, 4) is 0 Å². The highest BCUT2D eigenvalue weighted by Crippen LogP contribution is 2.29. The molecule has 84 valence electrons. The number of rotatable bonds is 3. The minimum Gasteiger partial charge on any atom is -0.316 e. The van der Waals surface area contributed by atoms with E-state index in [-0.39, 0.29) is 0 Å². The molecule has 0 amide bonds. The zero-order valence-electron chi connectivity index (χ0n) is 9.54. The van der Waals surface area contributed by atoms with Crippen LogP contribution in [-0.2, 0) is 6.42 Å². The molecule has 1 fully saturated rings. The van der Waals surface area contributed by atoms with Crippen molar-refractivity contribution in [2.24, 2.45) is 5.92 Å². The van der Waals surface area contributed by atoms with Crippen LogP contribution >= 0.6 is 23.1 Å². The van der Waals surface area contributed by atoms with Gasteiger partial charge in [0.05, 0.1) is 10.7 Å². The fraction of sp³-hybridized carbons (Fsp3) is 0.727. The number of nitrogens with zero attached hydrogens (tertiary/aromatic N) is 1. The van der Waals surface area contributed by atoms with E-state index in [9.17, 15) is 0 Å². The number of thiazole rings is 1. The van der Waals surface area contributed by atoms with E-state index in [1.165, 1.54) is 27.1 Å². The third kappa shape index (κ3) is 2.55. The number of hydrogen-bond acceptors (Lipinski definition) is 4. The van der Waals surface area contributed by atoms with Crippen molar-refractivity contribution in [3.63, 3.8) is 0 Å². The molecular formula is C11H18N2S2. The maximum atomic E-state index is 4.62. The number of nitrogens with one attached hydrogen (secondary N) is 1. The number of hydrogen-bond donors (Lipinski definition) is 1. The molecule has 0 aromatic carbocycles. The molecule has 0 bridgehead atoms. The summed E-state index contributed by atoms with van der Waals surface area (Å²) in [5.74, 6) is 3.30. The van der Waals surface area contributed by atoms with Gasteiger partial charge in [0.1, 0.15) is 0 Å². The van der Waals surface area contributed by atoms with Crippen molar-refractivity contribution in [2.75, 3.05) is 18.6 Å². The van der Waals surface area contributed by atoms with Gasteiger partial charge >= 0.3 is 0 Å². The summed E-state index contributed by atoms with van der Waals surface area (Å²) < 4.78 is 0. The monoisotopic (exact) mass is 242 g/mol. The average molecular weight is 242 g/mol. The lowest BCUT2D eigenvalue weighted by molar-refractivity contribution is 0.452. The van der Waals surface area contributed by atoms with Gasteiger partial charge in [0.15, 0.2) is 0 Å². The van der Waals surface area contributed by atoms with Crippen molar-refractivity contribution in [2.45, 2.75) is 26.3 Å². The Labute approximate surface area is 99.9 Å². The molecule has 4 heteroatoms. The summed E-state index contributed by atoms with van der Waals surface area (Å²) in [7, 11) is 2.07. The van der Waals surface area contributed by atoms with E-state index in [0.717, 1.165) is 12.3 Å². The molecule has 2 unspecified atom stereocenters. The smallest absolute Gasteiger partial charge is 0.0934 e. The molecule has 2 atom stereocenters.